The highest BCUT2D eigenvalue weighted by Crippen LogP contribution is 2.36. The van der Waals surface area contributed by atoms with Crippen LogP contribution in [0.4, 0.5) is 0 Å². The summed E-state index contributed by atoms with van der Waals surface area (Å²) in [5.41, 5.74) is 0.730. The summed E-state index contributed by atoms with van der Waals surface area (Å²) >= 11 is 13.1. The van der Waals surface area contributed by atoms with E-state index in [1.54, 1.807) is 11.4 Å². The van der Waals surface area contributed by atoms with Crippen LogP contribution < -0.4 is 21.3 Å². The van der Waals surface area contributed by atoms with Crippen molar-refractivity contribution in [1.82, 2.24) is 21.3 Å². The molecule has 14 heteroatoms. The first-order valence-electron chi connectivity index (χ1n) is 10.4. The molecule has 7 N–H and O–H groups in total. The number of benzene rings is 1. The van der Waals surface area contributed by atoms with Crippen molar-refractivity contribution in [3.05, 3.63) is 49.6 Å². The Kier molecular flexibility index (Phi) is 9.15. The smallest absolute Gasteiger partial charge is 0.305 e. The minimum absolute atomic E-state index is 0.0444. The Morgan fingerprint density at radius 3 is 2.74 bits per heavy atom. The van der Waals surface area contributed by atoms with Crippen LogP contribution in [0.1, 0.15) is 33.3 Å². The van der Waals surface area contributed by atoms with E-state index < -0.39 is 48.6 Å². The van der Waals surface area contributed by atoms with Gasteiger partial charge in [-0.05, 0) is 29.1 Å². The Morgan fingerprint density at radius 1 is 1.29 bits per heavy atom. The molecule has 2 atom stereocenters. The van der Waals surface area contributed by atoms with Gasteiger partial charge in [0.25, 0.3) is 5.91 Å². The molecule has 35 heavy (non-hydrogen) atoms. The number of amides is 2. The second-order valence-electron chi connectivity index (χ2n) is 7.58. The number of hydrogen-bond donors (Lipinski definition) is 7. The average Bonchev–Trinajstić information content (AvgIpc) is 3.27. The summed E-state index contributed by atoms with van der Waals surface area (Å²) in [6.07, 6.45) is -1.08. The molecule has 11 nitrogen and oxygen atoms in total. The number of thiophene rings is 1. The molecular formula is C21H23Cl2N5O6S. The van der Waals surface area contributed by atoms with E-state index in [-0.39, 0.29) is 22.2 Å². The van der Waals surface area contributed by atoms with E-state index >= 15 is 0 Å². The van der Waals surface area contributed by atoms with Crippen molar-refractivity contribution in [2.24, 2.45) is 4.99 Å². The monoisotopic (exact) mass is 543 g/mol. The first-order valence-corrected chi connectivity index (χ1v) is 12.0. The van der Waals surface area contributed by atoms with Gasteiger partial charge in [-0.2, -0.15) is 0 Å². The summed E-state index contributed by atoms with van der Waals surface area (Å²) in [4.78, 5) is 41.0. The number of carboxylic acid groups (broad SMARTS) is 1. The van der Waals surface area contributed by atoms with Crippen LogP contribution in [0.15, 0.2) is 28.6 Å². The van der Waals surface area contributed by atoms with E-state index in [1.165, 1.54) is 23.5 Å². The van der Waals surface area contributed by atoms with Crippen LogP contribution >= 0.6 is 34.5 Å². The lowest BCUT2D eigenvalue weighted by Gasteiger charge is -2.20. The molecule has 1 aromatic carbocycles. The standard InChI is InChI=1S/C21H23Cl2N5O6S/c22-11-3-13(18(33)14(23)4-11)15(5-17(31)32)28-16(30)9-24-20(34)19-10(1-2-35-19)6-25-21-26-7-12(29)8-27-21/h1-4,12,15,29,33H,5-9H2,(H,24,34)(H,28,30)(H,31,32)(H2,25,26,27). The molecule has 1 aromatic heterocycles. The van der Waals surface area contributed by atoms with Crippen molar-refractivity contribution in [3.8, 4) is 5.75 Å². The number of aliphatic carboxylic acids is 1. The zero-order chi connectivity index (χ0) is 25.5. The SMILES string of the molecule is O=C(O)CC(NC(=O)CNC(=O)c1sccc1CNC1=NCC(O)CN1)c1cc(Cl)cc(Cl)c1O. The number of β-amino-alcohol motifs (C(OH)–C–C–N with tert-alkyl or cyclic N) is 1. The Morgan fingerprint density at radius 2 is 2.06 bits per heavy atom. The van der Waals surface area contributed by atoms with E-state index in [1.807, 2.05) is 0 Å². The Balaban J connectivity index is 1.59. The number of phenolic OH excluding ortho intramolecular Hbond substituents is 1. The first-order chi connectivity index (χ1) is 16.6. The molecule has 188 valence electrons. The van der Waals surface area contributed by atoms with Crippen molar-refractivity contribution in [3.63, 3.8) is 0 Å². The fourth-order valence-corrected chi connectivity index (χ4v) is 4.60. The minimum atomic E-state index is -1.22. The Bertz CT molecular complexity index is 1140. The summed E-state index contributed by atoms with van der Waals surface area (Å²) in [6, 6.07) is 3.23. The average molecular weight is 544 g/mol. The number of carbonyl (C=O) groups is 3. The molecule has 3 rings (SSSR count). The number of nitrogens with one attached hydrogen (secondary N) is 4. The predicted molar refractivity (Wildman–Crippen MR) is 131 cm³/mol. The lowest BCUT2D eigenvalue weighted by atomic mass is 10.0. The molecule has 0 saturated carbocycles. The Hall–Kier alpha value is -3.06. The molecule has 1 aliphatic heterocycles. The summed E-state index contributed by atoms with van der Waals surface area (Å²) in [5, 5.41) is 41.7. The number of carbonyl (C=O) groups excluding carboxylic acids is 2. The topological polar surface area (TPSA) is 172 Å². The quantitative estimate of drug-likeness (QED) is 0.247. The van der Waals surface area contributed by atoms with E-state index in [0.717, 1.165) is 0 Å². The first kappa shape index (κ1) is 26.5. The van der Waals surface area contributed by atoms with Crippen LogP contribution in [0, 0.1) is 0 Å². The van der Waals surface area contributed by atoms with Gasteiger partial charge >= 0.3 is 5.97 Å². The maximum Gasteiger partial charge on any atom is 0.305 e. The van der Waals surface area contributed by atoms with Crippen molar-refractivity contribution < 1.29 is 29.7 Å². The normalized spacial score (nSPS) is 16.0. The summed E-state index contributed by atoms with van der Waals surface area (Å²) in [5.74, 6) is -2.26. The van der Waals surface area contributed by atoms with E-state index in [0.29, 0.717) is 29.5 Å². The molecule has 2 amide bonds. The van der Waals surface area contributed by atoms with Crippen molar-refractivity contribution in [2.75, 3.05) is 19.6 Å². The molecule has 0 saturated heterocycles. The van der Waals surface area contributed by atoms with Gasteiger partial charge in [-0.3, -0.25) is 19.4 Å². The van der Waals surface area contributed by atoms with Gasteiger partial charge < -0.3 is 36.6 Å². The van der Waals surface area contributed by atoms with E-state index in [4.69, 9.17) is 23.2 Å². The number of aliphatic imine (C=N–C) groups is 1. The van der Waals surface area contributed by atoms with Gasteiger partial charge in [0.1, 0.15) is 5.75 Å². The molecule has 0 bridgehead atoms. The third-order valence-corrected chi connectivity index (χ3v) is 6.38. The van der Waals surface area contributed by atoms with Crippen LogP contribution in [0.2, 0.25) is 10.0 Å². The van der Waals surface area contributed by atoms with Crippen LogP contribution in [0.25, 0.3) is 0 Å². The van der Waals surface area contributed by atoms with Crippen molar-refractivity contribution in [1.29, 1.82) is 0 Å². The second kappa shape index (κ2) is 12.1. The van der Waals surface area contributed by atoms with E-state index in [9.17, 15) is 29.7 Å². The molecule has 1 aliphatic rings. The highest BCUT2D eigenvalue weighted by molar-refractivity contribution is 7.12. The van der Waals surface area contributed by atoms with Crippen LogP contribution in [0.5, 0.6) is 5.75 Å². The molecule has 0 fully saturated rings. The molecule has 2 heterocycles. The maximum absolute atomic E-state index is 12.6. The zero-order valence-corrected chi connectivity index (χ0v) is 20.5. The summed E-state index contributed by atoms with van der Waals surface area (Å²) < 4.78 is 0. The third kappa shape index (κ3) is 7.46. The van der Waals surface area contributed by atoms with Gasteiger partial charge in [-0.15, -0.1) is 11.3 Å². The fraction of sp³-hybridized carbons (Fsp3) is 0.333. The predicted octanol–water partition coefficient (Wildman–Crippen LogP) is 1.23. The number of aliphatic hydroxyl groups excluding tert-OH is 1. The molecular weight excluding hydrogens is 521 g/mol. The number of phenols is 1. The number of nitrogens with zero attached hydrogens (tertiary/aromatic N) is 1. The van der Waals surface area contributed by atoms with Gasteiger partial charge in [0, 0.05) is 23.7 Å². The molecule has 2 unspecified atom stereocenters. The van der Waals surface area contributed by atoms with Gasteiger partial charge in [0.2, 0.25) is 5.91 Å². The highest BCUT2D eigenvalue weighted by atomic mass is 35.5. The number of halogens is 2. The minimum Gasteiger partial charge on any atom is -0.506 e. The van der Waals surface area contributed by atoms with Crippen molar-refractivity contribution in [2.45, 2.75) is 25.1 Å². The molecule has 0 spiro atoms. The summed E-state index contributed by atoms with van der Waals surface area (Å²) in [6.45, 7) is 0.528. The number of hydrogen-bond acceptors (Lipinski definition) is 9. The number of aliphatic hydroxyl groups is 1. The van der Waals surface area contributed by atoms with Crippen LogP contribution in [-0.2, 0) is 16.1 Å². The number of guanidine groups is 1. The second-order valence-corrected chi connectivity index (χ2v) is 9.34. The fourth-order valence-electron chi connectivity index (χ4n) is 3.25. The lowest BCUT2D eigenvalue weighted by Crippen LogP contribution is -2.45. The summed E-state index contributed by atoms with van der Waals surface area (Å²) in [7, 11) is 0. The highest BCUT2D eigenvalue weighted by Gasteiger charge is 2.24. The van der Waals surface area contributed by atoms with Gasteiger partial charge in [0.15, 0.2) is 5.96 Å². The Labute approximate surface area is 214 Å². The number of aromatic hydroxyl groups is 1. The molecule has 0 radical (unpaired) electrons. The van der Waals surface area contributed by atoms with Crippen LogP contribution in [-0.4, -0.2) is 64.8 Å². The van der Waals surface area contributed by atoms with Gasteiger partial charge in [-0.1, -0.05) is 23.2 Å². The zero-order valence-electron chi connectivity index (χ0n) is 18.2. The van der Waals surface area contributed by atoms with Crippen LogP contribution in [0.3, 0.4) is 0 Å². The molecule has 2 aromatic rings. The van der Waals surface area contributed by atoms with Gasteiger partial charge in [0.05, 0.1) is 41.6 Å². The molecule has 0 aliphatic carbocycles. The lowest BCUT2D eigenvalue weighted by molar-refractivity contribution is -0.137. The van der Waals surface area contributed by atoms with Gasteiger partial charge in [-0.25, -0.2) is 0 Å². The number of carboxylic acids is 1. The largest absolute Gasteiger partial charge is 0.506 e. The maximum atomic E-state index is 12.6. The third-order valence-electron chi connectivity index (χ3n) is 4.92. The van der Waals surface area contributed by atoms with Crippen molar-refractivity contribution >= 4 is 58.3 Å². The van der Waals surface area contributed by atoms with E-state index in [2.05, 4.69) is 26.3 Å². The number of rotatable bonds is 9.